The highest BCUT2D eigenvalue weighted by Gasteiger charge is 2.21. The lowest BCUT2D eigenvalue weighted by Gasteiger charge is -2.29. The van der Waals surface area contributed by atoms with E-state index in [1.54, 1.807) is 48.7 Å². The van der Waals surface area contributed by atoms with E-state index >= 15 is 0 Å². The Kier molecular flexibility index (Phi) is 8.18. The Morgan fingerprint density at radius 1 is 0.919 bits per heavy atom. The summed E-state index contributed by atoms with van der Waals surface area (Å²) in [5.74, 6) is 0.540. The summed E-state index contributed by atoms with van der Waals surface area (Å²) in [5, 5.41) is 14.2. The van der Waals surface area contributed by atoms with Gasteiger partial charge in [0, 0.05) is 30.4 Å². The molecule has 1 aliphatic rings. The maximum atomic E-state index is 13.2. The molecule has 2 heterocycles. The van der Waals surface area contributed by atoms with Gasteiger partial charge in [0.05, 0.1) is 17.9 Å². The number of aromatic nitrogens is 1. The number of carbonyl (C=O) groups is 2. The maximum Gasteiger partial charge on any atom is 0.259 e. The Hall–Kier alpha value is -4.20. The highest BCUT2D eigenvalue weighted by Crippen LogP contribution is 2.32. The number of hydrogen-bond acceptors (Lipinski definition) is 5. The summed E-state index contributed by atoms with van der Waals surface area (Å²) in [6, 6.07) is 14.1. The SMILES string of the molecule is CCOc1cc(C)cc(C(=O)Nc2ccc(C)cn2)c1NC(=O)c1ccc(C(=N)N2CCCCC2)cc1. The molecule has 0 unspecified atom stereocenters. The van der Waals surface area contributed by atoms with Crippen molar-refractivity contribution in [3.8, 4) is 5.75 Å². The second kappa shape index (κ2) is 11.7. The molecule has 1 aromatic heterocycles. The van der Waals surface area contributed by atoms with Gasteiger partial charge >= 0.3 is 0 Å². The first kappa shape index (κ1) is 25.9. The predicted molar refractivity (Wildman–Crippen MR) is 146 cm³/mol. The lowest BCUT2D eigenvalue weighted by Crippen LogP contribution is -2.35. The van der Waals surface area contributed by atoms with Crippen molar-refractivity contribution in [1.29, 1.82) is 5.41 Å². The molecule has 192 valence electrons. The van der Waals surface area contributed by atoms with Crippen LogP contribution in [0.15, 0.2) is 54.7 Å². The zero-order valence-electron chi connectivity index (χ0n) is 21.6. The van der Waals surface area contributed by atoms with Crippen LogP contribution in [0.5, 0.6) is 5.75 Å². The summed E-state index contributed by atoms with van der Waals surface area (Å²) in [5.41, 5.74) is 3.58. The smallest absolute Gasteiger partial charge is 0.259 e. The second-order valence-corrected chi connectivity index (χ2v) is 9.22. The first-order valence-corrected chi connectivity index (χ1v) is 12.6. The summed E-state index contributed by atoms with van der Waals surface area (Å²) < 4.78 is 5.79. The number of amides is 2. The fraction of sp³-hybridized carbons (Fsp3) is 0.310. The molecule has 0 spiro atoms. The number of benzene rings is 2. The fourth-order valence-electron chi connectivity index (χ4n) is 4.32. The van der Waals surface area contributed by atoms with Crippen LogP contribution in [0.4, 0.5) is 11.5 Å². The molecule has 1 aliphatic heterocycles. The third kappa shape index (κ3) is 6.33. The van der Waals surface area contributed by atoms with Crippen LogP contribution >= 0.6 is 0 Å². The number of carbonyl (C=O) groups excluding carboxylic acids is 2. The molecule has 4 rings (SSSR count). The average Bonchev–Trinajstić information content (AvgIpc) is 2.91. The van der Waals surface area contributed by atoms with Crippen molar-refractivity contribution in [3.05, 3.63) is 82.5 Å². The minimum atomic E-state index is -0.401. The molecule has 3 aromatic rings. The van der Waals surface area contributed by atoms with Gasteiger partial charge in [-0.3, -0.25) is 15.0 Å². The molecule has 0 bridgehead atoms. The van der Waals surface area contributed by atoms with Gasteiger partial charge in [0.15, 0.2) is 0 Å². The van der Waals surface area contributed by atoms with E-state index in [-0.39, 0.29) is 11.5 Å². The van der Waals surface area contributed by atoms with Crippen LogP contribution in [-0.2, 0) is 0 Å². The quantitative estimate of drug-likeness (QED) is 0.297. The molecule has 37 heavy (non-hydrogen) atoms. The van der Waals surface area contributed by atoms with Crippen LogP contribution in [0.25, 0.3) is 0 Å². The van der Waals surface area contributed by atoms with Gasteiger partial charge in [0.2, 0.25) is 0 Å². The van der Waals surface area contributed by atoms with E-state index < -0.39 is 5.91 Å². The third-order valence-corrected chi connectivity index (χ3v) is 6.28. The number of amidine groups is 1. The Bertz CT molecular complexity index is 1280. The Balaban J connectivity index is 1.57. The number of nitrogens with zero attached hydrogens (tertiary/aromatic N) is 2. The van der Waals surface area contributed by atoms with E-state index in [0.717, 1.165) is 42.6 Å². The molecule has 1 fully saturated rings. The molecule has 8 heteroatoms. The van der Waals surface area contributed by atoms with Crippen molar-refractivity contribution >= 4 is 29.2 Å². The second-order valence-electron chi connectivity index (χ2n) is 9.22. The maximum absolute atomic E-state index is 13.2. The summed E-state index contributed by atoms with van der Waals surface area (Å²) >= 11 is 0. The summed E-state index contributed by atoms with van der Waals surface area (Å²) in [6.45, 7) is 7.78. The Morgan fingerprint density at radius 3 is 2.27 bits per heavy atom. The monoisotopic (exact) mass is 499 g/mol. The number of ether oxygens (including phenoxy) is 1. The average molecular weight is 500 g/mol. The molecule has 2 amide bonds. The van der Waals surface area contributed by atoms with Gasteiger partial charge in [-0.1, -0.05) is 18.2 Å². The number of anilines is 2. The molecule has 2 aromatic carbocycles. The minimum absolute atomic E-state index is 0.280. The number of nitrogens with one attached hydrogen (secondary N) is 3. The van der Waals surface area contributed by atoms with Gasteiger partial charge in [-0.2, -0.15) is 0 Å². The van der Waals surface area contributed by atoms with E-state index in [9.17, 15) is 9.59 Å². The van der Waals surface area contributed by atoms with Gasteiger partial charge in [-0.15, -0.1) is 0 Å². The number of pyridine rings is 1. The van der Waals surface area contributed by atoms with Crippen molar-refractivity contribution in [3.63, 3.8) is 0 Å². The summed E-state index contributed by atoms with van der Waals surface area (Å²) in [4.78, 5) is 32.8. The summed E-state index contributed by atoms with van der Waals surface area (Å²) in [7, 11) is 0. The molecular formula is C29H33N5O3. The van der Waals surface area contributed by atoms with Crippen molar-refractivity contribution in [2.75, 3.05) is 30.3 Å². The van der Waals surface area contributed by atoms with Crippen molar-refractivity contribution < 1.29 is 14.3 Å². The zero-order valence-corrected chi connectivity index (χ0v) is 21.6. The molecule has 1 saturated heterocycles. The minimum Gasteiger partial charge on any atom is -0.492 e. The normalized spacial score (nSPS) is 13.1. The molecule has 0 atom stereocenters. The van der Waals surface area contributed by atoms with Gasteiger partial charge in [0.1, 0.15) is 17.4 Å². The van der Waals surface area contributed by atoms with Gasteiger partial charge in [-0.25, -0.2) is 4.98 Å². The molecule has 3 N–H and O–H groups in total. The van der Waals surface area contributed by atoms with E-state index in [1.807, 2.05) is 26.8 Å². The van der Waals surface area contributed by atoms with E-state index in [2.05, 4.69) is 20.5 Å². The molecule has 0 saturated carbocycles. The highest BCUT2D eigenvalue weighted by atomic mass is 16.5. The summed E-state index contributed by atoms with van der Waals surface area (Å²) in [6.07, 6.45) is 5.07. The Morgan fingerprint density at radius 2 is 1.62 bits per heavy atom. The molecule has 0 radical (unpaired) electrons. The number of likely N-dealkylation sites (tertiary alicyclic amines) is 1. The molecule has 0 aliphatic carbocycles. The van der Waals surface area contributed by atoms with Crippen LogP contribution in [-0.4, -0.2) is 47.2 Å². The highest BCUT2D eigenvalue weighted by molar-refractivity contribution is 6.13. The molecule has 8 nitrogen and oxygen atoms in total. The van der Waals surface area contributed by atoms with Gasteiger partial charge in [0.25, 0.3) is 11.8 Å². The lowest BCUT2D eigenvalue weighted by atomic mass is 10.1. The number of rotatable bonds is 7. The predicted octanol–water partition coefficient (Wildman–Crippen LogP) is 5.41. The number of piperidine rings is 1. The fourth-order valence-corrected chi connectivity index (χ4v) is 4.32. The first-order valence-electron chi connectivity index (χ1n) is 12.6. The third-order valence-electron chi connectivity index (χ3n) is 6.28. The Labute approximate surface area is 217 Å². The standard InChI is InChI=1S/C29H33N5O3/c1-4-37-24-17-20(3)16-23(29(36)32-25-13-8-19(2)18-31-25)26(24)33-28(35)22-11-9-21(10-12-22)27(30)34-14-6-5-7-15-34/h8-13,16-18,30H,4-7,14-15H2,1-3H3,(H,33,35)(H,31,32,36). The van der Waals surface area contributed by atoms with Gasteiger partial charge in [-0.05, 0) is 81.5 Å². The number of aryl methyl sites for hydroxylation is 2. The van der Waals surface area contributed by atoms with Crippen LogP contribution in [0.2, 0.25) is 0 Å². The first-order chi connectivity index (χ1) is 17.9. The van der Waals surface area contributed by atoms with E-state index in [0.29, 0.717) is 35.3 Å². The van der Waals surface area contributed by atoms with Crippen LogP contribution in [0.1, 0.15) is 63.6 Å². The molecular weight excluding hydrogens is 466 g/mol. The topological polar surface area (TPSA) is 107 Å². The van der Waals surface area contributed by atoms with Crippen molar-refractivity contribution in [2.24, 2.45) is 0 Å². The number of hydrogen-bond donors (Lipinski definition) is 3. The largest absolute Gasteiger partial charge is 0.492 e. The van der Waals surface area contributed by atoms with Gasteiger partial charge < -0.3 is 20.3 Å². The zero-order chi connectivity index (χ0) is 26.4. The van der Waals surface area contributed by atoms with E-state index in [1.165, 1.54) is 6.42 Å². The van der Waals surface area contributed by atoms with Crippen molar-refractivity contribution in [2.45, 2.75) is 40.0 Å². The lowest BCUT2D eigenvalue weighted by molar-refractivity contribution is 0.102. The van der Waals surface area contributed by atoms with Crippen LogP contribution in [0.3, 0.4) is 0 Å². The van der Waals surface area contributed by atoms with Crippen molar-refractivity contribution in [1.82, 2.24) is 9.88 Å². The van der Waals surface area contributed by atoms with Crippen LogP contribution in [0, 0.1) is 19.3 Å². The van der Waals surface area contributed by atoms with Crippen LogP contribution < -0.4 is 15.4 Å². The van der Waals surface area contributed by atoms with E-state index in [4.69, 9.17) is 10.1 Å².